The van der Waals surface area contributed by atoms with Crippen LogP contribution < -0.4 is 0 Å². The van der Waals surface area contributed by atoms with Gasteiger partial charge in [-0.3, -0.25) is 0 Å². The van der Waals surface area contributed by atoms with Gasteiger partial charge in [0, 0.05) is 4.48 Å². The number of benzene rings is 1. The number of allylic oxidation sites excluding steroid dienone is 2. The van der Waals surface area contributed by atoms with Gasteiger partial charge in [-0.15, -0.1) is 0 Å². The molecule has 0 radical (unpaired) electrons. The lowest BCUT2D eigenvalue weighted by atomic mass is 9.92. The van der Waals surface area contributed by atoms with Gasteiger partial charge in [-0.05, 0) is 24.0 Å². The Bertz CT molecular complexity index is 412. The third kappa shape index (κ3) is 1.40. The van der Waals surface area contributed by atoms with Crippen molar-refractivity contribution in [3.05, 3.63) is 39.9 Å². The van der Waals surface area contributed by atoms with E-state index in [4.69, 9.17) is 5.26 Å². The van der Waals surface area contributed by atoms with Crippen LogP contribution in [0.3, 0.4) is 0 Å². The maximum atomic E-state index is 8.97. The molecule has 0 fully saturated rings. The molecular weight excluding hydrogens is 226 g/mol. The molecule has 1 aliphatic rings. The summed E-state index contributed by atoms with van der Waals surface area (Å²) in [5.74, 6) is 0. The Hall–Kier alpha value is -1.07. The number of hydrogen-bond donors (Lipinski definition) is 0. The molecule has 2 heteroatoms. The van der Waals surface area contributed by atoms with Crippen LogP contribution in [0.4, 0.5) is 0 Å². The van der Waals surface area contributed by atoms with E-state index in [0.717, 1.165) is 28.5 Å². The van der Waals surface area contributed by atoms with Crippen molar-refractivity contribution in [1.29, 1.82) is 5.26 Å². The lowest BCUT2D eigenvalue weighted by molar-refractivity contribution is 0.971. The van der Waals surface area contributed by atoms with Gasteiger partial charge in [-0.25, -0.2) is 0 Å². The van der Waals surface area contributed by atoms with Crippen molar-refractivity contribution in [2.75, 3.05) is 0 Å². The Kier molecular flexibility index (Phi) is 2.20. The predicted molar refractivity (Wildman–Crippen MR) is 56.2 cm³/mol. The summed E-state index contributed by atoms with van der Waals surface area (Å²) in [5.41, 5.74) is 3.16. The molecule has 1 aromatic rings. The number of hydrogen-bond acceptors (Lipinski definition) is 1. The van der Waals surface area contributed by atoms with Crippen LogP contribution >= 0.6 is 15.9 Å². The first-order chi connectivity index (χ1) is 6.33. The first kappa shape index (κ1) is 8.52. The van der Waals surface area contributed by atoms with Crippen LogP contribution in [0.1, 0.15) is 17.5 Å². The van der Waals surface area contributed by atoms with Gasteiger partial charge in [0.25, 0.3) is 0 Å². The van der Waals surface area contributed by atoms with Crippen molar-refractivity contribution >= 4 is 21.5 Å². The highest BCUT2D eigenvalue weighted by Crippen LogP contribution is 2.33. The SMILES string of the molecule is N#CC1=C(Br)CCc2ccccc21. The Labute approximate surface area is 85.8 Å². The molecule has 1 aromatic carbocycles. The zero-order valence-corrected chi connectivity index (χ0v) is 8.63. The average Bonchev–Trinajstić information content (AvgIpc) is 2.18. The molecule has 1 nitrogen and oxygen atoms in total. The van der Waals surface area contributed by atoms with Crippen molar-refractivity contribution in [2.24, 2.45) is 0 Å². The topological polar surface area (TPSA) is 23.8 Å². The van der Waals surface area contributed by atoms with E-state index in [-0.39, 0.29) is 0 Å². The van der Waals surface area contributed by atoms with Gasteiger partial charge in [0.2, 0.25) is 0 Å². The van der Waals surface area contributed by atoms with E-state index in [1.807, 2.05) is 18.2 Å². The Morgan fingerprint density at radius 2 is 2.00 bits per heavy atom. The van der Waals surface area contributed by atoms with E-state index >= 15 is 0 Å². The monoisotopic (exact) mass is 233 g/mol. The average molecular weight is 234 g/mol. The summed E-state index contributed by atoms with van der Waals surface area (Å²) in [7, 11) is 0. The fraction of sp³-hybridized carbons (Fsp3) is 0.182. The summed E-state index contributed by atoms with van der Waals surface area (Å²) in [6.45, 7) is 0. The van der Waals surface area contributed by atoms with Crippen molar-refractivity contribution in [1.82, 2.24) is 0 Å². The lowest BCUT2D eigenvalue weighted by Gasteiger charge is -2.15. The first-order valence-electron chi connectivity index (χ1n) is 4.20. The smallest absolute Gasteiger partial charge is 0.101 e. The third-order valence-electron chi connectivity index (χ3n) is 2.28. The van der Waals surface area contributed by atoms with E-state index in [1.165, 1.54) is 5.56 Å². The minimum atomic E-state index is 0.793. The third-order valence-corrected chi connectivity index (χ3v) is 3.08. The molecule has 0 atom stereocenters. The standard InChI is InChI=1S/C11H8BrN/c12-11-6-5-8-3-1-2-4-9(8)10(11)7-13/h1-4H,5-6H2. The zero-order valence-electron chi connectivity index (χ0n) is 7.05. The summed E-state index contributed by atoms with van der Waals surface area (Å²) in [6, 6.07) is 10.3. The second kappa shape index (κ2) is 3.35. The molecule has 0 spiro atoms. The normalized spacial score (nSPS) is 15.1. The maximum absolute atomic E-state index is 8.97. The van der Waals surface area contributed by atoms with Gasteiger partial charge in [0.15, 0.2) is 0 Å². The summed E-state index contributed by atoms with van der Waals surface area (Å²) in [5, 5.41) is 8.97. The number of halogens is 1. The summed E-state index contributed by atoms with van der Waals surface area (Å²) in [4.78, 5) is 0. The van der Waals surface area contributed by atoms with E-state index in [1.54, 1.807) is 0 Å². The van der Waals surface area contributed by atoms with Crippen LogP contribution in [0.5, 0.6) is 0 Å². The van der Waals surface area contributed by atoms with Gasteiger partial charge in [-0.1, -0.05) is 40.2 Å². The molecule has 0 bridgehead atoms. The van der Waals surface area contributed by atoms with Gasteiger partial charge < -0.3 is 0 Å². The second-order valence-electron chi connectivity index (χ2n) is 3.05. The molecule has 0 aromatic heterocycles. The highest BCUT2D eigenvalue weighted by molar-refractivity contribution is 9.11. The van der Waals surface area contributed by atoms with Crippen LogP contribution in [-0.2, 0) is 6.42 Å². The molecule has 0 aliphatic heterocycles. The van der Waals surface area contributed by atoms with Crippen molar-refractivity contribution in [3.63, 3.8) is 0 Å². The summed E-state index contributed by atoms with van der Waals surface area (Å²) < 4.78 is 1.04. The number of fused-ring (bicyclic) bond motifs is 1. The molecular formula is C11H8BrN. The maximum Gasteiger partial charge on any atom is 0.101 e. The predicted octanol–water partition coefficient (Wildman–Crippen LogP) is 3.26. The molecule has 0 unspecified atom stereocenters. The van der Waals surface area contributed by atoms with Gasteiger partial charge >= 0.3 is 0 Å². The van der Waals surface area contributed by atoms with Crippen LogP contribution in [0.25, 0.3) is 5.57 Å². The minimum Gasteiger partial charge on any atom is -0.192 e. The van der Waals surface area contributed by atoms with Crippen LogP contribution in [-0.4, -0.2) is 0 Å². The number of nitriles is 1. The molecule has 0 amide bonds. The fourth-order valence-corrected chi connectivity index (χ4v) is 2.12. The molecule has 2 rings (SSSR count). The fourth-order valence-electron chi connectivity index (χ4n) is 1.62. The molecule has 13 heavy (non-hydrogen) atoms. The molecule has 0 N–H and O–H groups in total. The number of rotatable bonds is 0. The van der Waals surface area contributed by atoms with Crippen LogP contribution in [0.15, 0.2) is 28.7 Å². The first-order valence-corrected chi connectivity index (χ1v) is 4.99. The lowest BCUT2D eigenvalue weighted by Crippen LogP contribution is -2.00. The highest BCUT2D eigenvalue weighted by Gasteiger charge is 2.15. The quantitative estimate of drug-likeness (QED) is 0.675. The van der Waals surface area contributed by atoms with E-state index in [9.17, 15) is 0 Å². The van der Waals surface area contributed by atoms with Gasteiger partial charge in [0.05, 0.1) is 5.57 Å². The molecule has 1 aliphatic carbocycles. The Morgan fingerprint density at radius 1 is 1.23 bits per heavy atom. The van der Waals surface area contributed by atoms with Crippen molar-refractivity contribution in [3.8, 4) is 6.07 Å². The largest absolute Gasteiger partial charge is 0.192 e. The molecule has 0 heterocycles. The zero-order chi connectivity index (χ0) is 9.26. The Morgan fingerprint density at radius 3 is 2.77 bits per heavy atom. The molecule has 0 saturated heterocycles. The van der Waals surface area contributed by atoms with E-state index < -0.39 is 0 Å². The van der Waals surface area contributed by atoms with Crippen molar-refractivity contribution < 1.29 is 0 Å². The van der Waals surface area contributed by atoms with Crippen LogP contribution in [0, 0.1) is 11.3 Å². The number of aryl methyl sites for hydroxylation is 1. The van der Waals surface area contributed by atoms with Gasteiger partial charge in [-0.2, -0.15) is 5.26 Å². The van der Waals surface area contributed by atoms with Crippen LogP contribution in [0.2, 0.25) is 0 Å². The number of nitrogens with zero attached hydrogens (tertiary/aromatic N) is 1. The van der Waals surface area contributed by atoms with Crippen molar-refractivity contribution in [2.45, 2.75) is 12.8 Å². The van der Waals surface area contributed by atoms with E-state index in [0.29, 0.717) is 0 Å². The van der Waals surface area contributed by atoms with E-state index in [2.05, 4.69) is 28.1 Å². The molecule has 64 valence electrons. The van der Waals surface area contributed by atoms with Gasteiger partial charge in [0.1, 0.15) is 6.07 Å². The summed E-state index contributed by atoms with van der Waals surface area (Å²) >= 11 is 3.44. The summed E-state index contributed by atoms with van der Waals surface area (Å²) in [6.07, 6.45) is 1.97. The molecule has 0 saturated carbocycles. The minimum absolute atomic E-state index is 0.793. The Balaban J connectivity index is 2.63. The second-order valence-corrected chi connectivity index (χ2v) is 4.01. The highest BCUT2D eigenvalue weighted by atomic mass is 79.9.